The van der Waals surface area contributed by atoms with Gasteiger partial charge in [-0.15, -0.1) is 0 Å². The molecule has 2 aromatic rings. The van der Waals surface area contributed by atoms with Crippen LogP contribution in [-0.4, -0.2) is 41.7 Å². The molecule has 1 aliphatic heterocycles. The number of fused-ring (bicyclic) bond motifs is 1. The molecule has 7 nitrogen and oxygen atoms in total. The molecule has 0 radical (unpaired) electrons. The summed E-state index contributed by atoms with van der Waals surface area (Å²) >= 11 is 0. The Hall–Kier alpha value is -3.62. The predicted octanol–water partition coefficient (Wildman–Crippen LogP) is 2.13. The maximum Gasteiger partial charge on any atom is 0.308 e. The Morgan fingerprint density at radius 2 is 1.54 bits per heavy atom. The van der Waals surface area contributed by atoms with Gasteiger partial charge in [0.25, 0.3) is 17.7 Å². The summed E-state index contributed by atoms with van der Waals surface area (Å²) in [5.41, 5.74) is 0.412. The minimum Gasteiger partial charge on any atom is -0.456 e. The van der Waals surface area contributed by atoms with E-state index in [0.29, 0.717) is 6.07 Å². The smallest absolute Gasteiger partial charge is 0.308 e. The van der Waals surface area contributed by atoms with E-state index in [1.807, 2.05) is 0 Å². The largest absolute Gasteiger partial charge is 0.456 e. The van der Waals surface area contributed by atoms with Gasteiger partial charge in [0, 0.05) is 18.3 Å². The summed E-state index contributed by atoms with van der Waals surface area (Å²) in [5.74, 6) is -4.34. The fourth-order valence-corrected chi connectivity index (χ4v) is 2.69. The van der Waals surface area contributed by atoms with E-state index < -0.39 is 41.9 Å². The van der Waals surface area contributed by atoms with Gasteiger partial charge in [-0.2, -0.15) is 0 Å². The third-order valence-electron chi connectivity index (χ3n) is 3.93. The normalized spacial score (nSPS) is 12.7. The number of hydrogen-bond donors (Lipinski definition) is 1. The highest BCUT2D eigenvalue weighted by Crippen LogP contribution is 2.22. The number of esters is 1. The van der Waals surface area contributed by atoms with Crippen molar-refractivity contribution in [3.05, 3.63) is 65.2 Å². The Labute approximate surface area is 157 Å². The minimum absolute atomic E-state index is 0.121. The number of hydrogen-bond acceptors (Lipinski definition) is 5. The molecule has 0 unspecified atom stereocenters. The van der Waals surface area contributed by atoms with E-state index in [1.165, 1.54) is 12.1 Å². The van der Waals surface area contributed by atoms with Gasteiger partial charge >= 0.3 is 5.97 Å². The third kappa shape index (κ3) is 4.20. The fourth-order valence-electron chi connectivity index (χ4n) is 2.69. The molecular weight excluding hydrogens is 374 g/mol. The molecule has 0 saturated carbocycles. The third-order valence-corrected chi connectivity index (χ3v) is 3.93. The summed E-state index contributed by atoms with van der Waals surface area (Å²) in [6.45, 7) is -0.874. The minimum atomic E-state index is -0.867. The Morgan fingerprint density at radius 3 is 2.11 bits per heavy atom. The van der Waals surface area contributed by atoms with Crippen LogP contribution in [0.15, 0.2) is 42.5 Å². The molecule has 9 heteroatoms. The molecule has 0 aliphatic carbocycles. The lowest BCUT2D eigenvalue weighted by Crippen LogP contribution is -2.32. The Morgan fingerprint density at radius 1 is 0.964 bits per heavy atom. The maximum atomic E-state index is 13.1. The summed E-state index contributed by atoms with van der Waals surface area (Å²) in [6.07, 6.45) is -0.298. The highest BCUT2D eigenvalue weighted by molar-refractivity contribution is 6.21. The van der Waals surface area contributed by atoms with E-state index >= 15 is 0 Å². The van der Waals surface area contributed by atoms with Crippen LogP contribution in [0.2, 0.25) is 0 Å². The molecule has 0 atom stereocenters. The van der Waals surface area contributed by atoms with Gasteiger partial charge in [0.2, 0.25) is 0 Å². The lowest BCUT2D eigenvalue weighted by atomic mass is 10.1. The van der Waals surface area contributed by atoms with Gasteiger partial charge in [-0.3, -0.25) is 24.1 Å². The highest BCUT2D eigenvalue weighted by atomic mass is 19.1. The molecule has 28 heavy (non-hydrogen) atoms. The molecular formula is C19H14F2N2O5. The van der Waals surface area contributed by atoms with Crippen molar-refractivity contribution >= 4 is 29.4 Å². The lowest BCUT2D eigenvalue weighted by molar-refractivity contribution is -0.147. The number of nitrogens with zero attached hydrogens (tertiary/aromatic N) is 1. The average Bonchev–Trinajstić information content (AvgIpc) is 2.88. The van der Waals surface area contributed by atoms with E-state index in [0.717, 1.165) is 17.0 Å². The highest BCUT2D eigenvalue weighted by Gasteiger charge is 2.35. The molecule has 3 rings (SSSR count). The van der Waals surface area contributed by atoms with Crippen LogP contribution in [0.25, 0.3) is 0 Å². The number of amides is 3. The predicted molar refractivity (Wildman–Crippen MR) is 92.4 cm³/mol. The van der Waals surface area contributed by atoms with E-state index in [4.69, 9.17) is 4.74 Å². The van der Waals surface area contributed by atoms with Crippen molar-refractivity contribution in [1.82, 2.24) is 4.90 Å². The Balaban J connectivity index is 1.47. The zero-order valence-corrected chi connectivity index (χ0v) is 14.4. The topological polar surface area (TPSA) is 92.8 Å². The van der Waals surface area contributed by atoms with Gasteiger partial charge < -0.3 is 10.1 Å². The van der Waals surface area contributed by atoms with Crippen LogP contribution in [0.4, 0.5) is 14.5 Å². The molecule has 144 valence electrons. The lowest BCUT2D eigenvalue weighted by Gasteiger charge is -2.13. The van der Waals surface area contributed by atoms with Crippen LogP contribution in [-0.2, 0) is 14.3 Å². The monoisotopic (exact) mass is 388 g/mol. The second-order valence-corrected chi connectivity index (χ2v) is 5.92. The first-order chi connectivity index (χ1) is 13.3. The number of carbonyl (C=O) groups is 4. The molecule has 1 heterocycles. The van der Waals surface area contributed by atoms with Crippen molar-refractivity contribution in [2.75, 3.05) is 18.5 Å². The van der Waals surface area contributed by atoms with E-state index in [9.17, 15) is 28.0 Å². The number of imide groups is 1. The first-order valence-corrected chi connectivity index (χ1v) is 8.22. The number of ether oxygens (including phenoxy) is 1. The fraction of sp³-hybridized carbons (Fsp3) is 0.158. The first kappa shape index (κ1) is 19.2. The Kier molecular flexibility index (Phi) is 5.44. The van der Waals surface area contributed by atoms with Crippen molar-refractivity contribution in [2.45, 2.75) is 6.42 Å². The summed E-state index contributed by atoms with van der Waals surface area (Å²) in [6, 6.07) is 8.77. The summed E-state index contributed by atoms with van der Waals surface area (Å²) in [7, 11) is 0. The van der Waals surface area contributed by atoms with Gasteiger partial charge in [0.15, 0.2) is 6.61 Å². The van der Waals surface area contributed by atoms with E-state index in [2.05, 4.69) is 5.32 Å². The quantitative estimate of drug-likeness (QED) is 0.605. The molecule has 0 bridgehead atoms. The standard InChI is InChI=1S/C19H14F2N2O5/c20-11-7-12(21)9-13(8-11)22-16(24)10-28-17(25)5-6-23-18(26)14-3-1-2-4-15(14)19(23)27/h1-4,7-9H,5-6,10H2,(H,22,24). The second-order valence-electron chi connectivity index (χ2n) is 5.92. The summed E-state index contributed by atoms with van der Waals surface area (Å²) in [5, 5.41) is 2.19. The van der Waals surface area contributed by atoms with Crippen molar-refractivity contribution in [3.8, 4) is 0 Å². The van der Waals surface area contributed by atoms with Crippen LogP contribution >= 0.6 is 0 Å². The zero-order valence-electron chi connectivity index (χ0n) is 14.4. The molecule has 0 fully saturated rings. The van der Waals surface area contributed by atoms with Crippen molar-refractivity contribution in [2.24, 2.45) is 0 Å². The van der Waals surface area contributed by atoms with Crippen molar-refractivity contribution in [3.63, 3.8) is 0 Å². The average molecular weight is 388 g/mol. The van der Waals surface area contributed by atoms with Gasteiger partial charge in [-0.1, -0.05) is 12.1 Å². The van der Waals surface area contributed by atoms with Gasteiger partial charge in [0.05, 0.1) is 17.5 Å². The SMILES string of the molecule is O=C(COC(=O)CCN1C(=O)c2ccccc2C1=O)Nc1cc(F)cc(F)c1. The number of carbonyl (C=O) groups excluding carboxylic acids is 4. The molecule has 1 N–H and O–H groups in total. The van der Waals surface area contributed by atoms with Gasteiger partial charge in [-0.05, 0) is 24.3 Å². The molecule has 0 saturated heterocycles. The van der Waals surface area contributed by atoms with Crippen LogP contribution < -0.4 is 5.32 Å². The van der Waals surface area contributed by atoms with Crippen LogP contribution in [0.5, 0.6) is 0 Å². The summed E-state index contributed by atoms with van der Waals surface area (Å²) in [4.78, 5) is 48.8. The number of halogens is 2. The van der Waals surface area contributed by atoms with Crippen LogP contribution in [0.3, 0.4) is 0 Å². The zero-order chi connectivity index (χ0) is 20.3. The molecule has 1 aliphatic rings. The van der Waals surface area contributed by atoms with Crippen molar-refractivity contribution < 1.29 is 32.7 Å². The number of benzene rings is 2. The van der Waals surface area contributed by atoms with Crippen molar-refractivity contribution in [1.29, 1.82) is 0 Å². The molecule has 0 spiro atoms. The molecule has 0 aromatic heterocycles. The maximum absolute atomic E-state index is 13.1. The van der Waals surface area contributed by atoms with E-state index in [-0.39, 0.29) is 29.8 Å². The number of rotatable bonds is 6. The number of anilines is 1. The second kappa shape index (κ2) is 7.95. The number of nitrogens with one attached hydrogen (secondary N) is 1. The van der Waals surface area contributed by atoms with E-state index in [1.54, 1.807) is 12.1 Å². The van der Waals surface area contributed by atoms with Crippen LogP contribution in [0, 0.1) is 11.6 Å². The Bertz CT molecular complexity index is 921. The van der Waals surface area contributed by atoms with Crippen LogP contribution in [0.1, 0.15) is 27.1 Å². The van der Waals surface area contributed by atoms with Gasteiger partial charge in [0.1, 0.15) is 11.6 Å². The molecule has 2 aromatic carbocycles. The van der Waals surface area contributed by atoms with Gasteiger partial charge in [-0.25, -0.2) is 8.78 Å². The first-order valence-electron chi connectivity index (χ1n) is 8.22. The molecule has 3 amide bonds. The summed E-state index contributed by atoms with van der Waals surface area (Å²) < 4.78 is 30.9.